The maximum absolute atomic E-state index is 6.18. The van der Waals surface area contributed by atoms with E-state index in [4.69, 9.17) is 8.83 Å². The summed E-state index contributed by atoms with van der Waals surface area (Å²) in [4.78, 5) is 0. The van der Waals surface area contributed by atoms with Crippen LogP contribution in [0.2, 0.25) is 0 Å². The predicted molar refractivity (Wildman–Crippen MR) is 134 cm³/mol. The van der Waals surface area contributed by atoms with E-state index >= 15 is 0 Å². The van der Waals surface area contributed by atoms with Crippen molar-refractivity contribution in [2.75, 3.05) is 0 Å². The Hall–Kier alpha value is -3.00. The Balaban J connectivity index is 0.000000364. The van der Waals surface area contributed by atoms with Gasteiger partial charge in [0.25, 0.3) is 0 Å². The highest BCUT2D eigenvalue weighted by molar-refractivity contribution is 6.23. The van der Waals surface area contributed by atoms with Crippen molar-refractivity contribution in [2.24, 2.45) is 0 Å². The van der Waals surface area contributed by atoms with Gasteiger partial charge in [-0.1, -0.05) is 91.8 Å². The van der Waals surface area contributed by atoms with Crippen LogP contribution in [0.5, 0.6) is 0 Å². The van der Waals surface area contributed by atoms with Crippen LogP contribution in [0.25, 0.3) is 55.0 Å². The molecule has 4 aromatic carbocycles. The molecule has 0 aromatic heterocycles. The van der Waals surface area contributed by atoms with Gasteiger partial charge in [-0.2, -0.15) is 0 Å². The van der Waals surface area contributed by atoms with Crippen LogP contribution in [0.1, 0.15) is 55.4 Å². The fourth-order valence-corrected chi connectivity index (χ4v) is 3.73. The van der Waals surface area contributed by atoms with Crippen molar-refractivity contribution in [3.63, 3.8) is 0 Å². The highest BCUT2D eigenvalue weighted by Gasteiger charge is 2.23. The van der Waals surface area contributed by atoms with E-state index in [0.29, 0.717) is 0 Å². The zero-order chi connectivity index (χ0) is 22.3. The van der Waals surface area contributed by atoms with Gasteiger partial charge in [0.1, 0.15) is 22.3 Å². The van der Waals surface area contributed by atoms with Crippen LogP contribution < -0.4 is 0 Å². The number of benzene rings is 4. The Morgan fingerprint density at radius 1 is 0.400 bits per heavy atom. The molecule has 0 saturated heterocycles. The second-order valence-corrected chi connectivity index (χ2v) is 5.79. The maximum Gasteiger partial charge on any atom is 0.136 e. The van der Waals surface area contributed by atoms with Gasteiger partial charge in [0.15, 0.2) is 0 Å². The van der Waals surface area contributed by atoms with Gasteiger partial charge in [-0.25, -0.2) is 0 Å². The SMILES string of the molecule is CC.CC.CC.CC.c1cc2ccc3oc4cccc5ccc6oc(c1)c2c3-c6c54. The maximum atomic E-state index is 6.18. The molecule has 0 saturated carbocycles. The Labute approximate surface area is 180 Å². The third kappa shape index (κ3) is 3.63. The van der Waals surface area contributed by atoms with Gasteiger partial charge in [0.05, 0.1) is 0 Å². The highest BCUT2D eigenvalue weighted by Crippen LogP contribution is 2.47. The topological polar surface area (TPSA) is 26.3 Å². The fourth-order valence-electron chi connectivity index (χ4n) is 3.73. The van der Waals surface area contributed by atoms with Gasteiger partial charge < -0.3 is 8.83 Å². The van der Waals surface area contributed by atoms with Crippen molar-refractivity contribution in [1.82, 2.24) is 0 Å². The van der Waals surface area contributed by atoms with E-state index in [1.54, 1.807) is 0 Å². The lowest BCUT2D eigenvalue weighted by Crippen LogP contribution is -1.93. The molecular weight excluding hydrogens is 368 g/mol. The lowest BCUT2D eigenvalue weighted by Gasteiger charge is -2.19. The molecule has 0 unspecified atom stereocenters. The second-order valence-electron chi connectivity index (χ2n) is 5.79. The first-order chi connectivity index (χ1) is 14.9. The third-order valence-corrected chi connectivity index (χ3v) is 4.63. The Bertz CT molecular complexity index is 1170. The molecule has 0 aliphatic carbocycles. The van der Waals surface area contributed by atoms with Gasteiger partial charge in [-0.3, -0.25) is 0 Å². The first-order valence-corrected chi connectivity index (χ1v) is 11.4. The van der Waals surface area contributed by atoms with Crippen LogP contribution in [-0.4, -0.2) is 0 Å². The van der Waals surface area contributed by atoms with Crippen molar-refractivity contribution >= 4 is 43.9 Å². The molecule has 2 heterocycles. The summed E-state index contributed by atoms with van der Waals surface area (Å²) in [7, 11) is 0. The van der Waals surface area contributed by atoms with Crippen molar-refractivity contribution in [3.05, 3.63) is 60.7 Å². The summed E-state index contributed by atoms with van der Waals surface area (Å²) < 4.78 is 12.4. The summed E-state index contributed by atoms with van der Waals surface area (Å²) in [6.07, 6.45) is 0. The van der Waals surface area contributed by atoms with E-state index in [1.165, 1.54) is 21.9 Å². The van der Waals surface area contributed by atoms with E-state index in [1.807, 2.05) is 79.7 Å². The molecule has 0 atom stereocenters. The Kier molecular flexibility index (Phi) is 8.29. The van der Waals surface area contributed by atoms with Crippen molar-refractivity contribution in [3.8, 4) is 11.1 Å². The van der Waals surface area contributed by atoms with Crippen LogP contribution in [0.4, 0.5) is 0 Å². The van der Waals surface area contributed by atoms with Crippen molar-refractivity contribution in [2.45, 2.75) is 55.4 Å². The summed E-state index contributed by atoms with van der Waals surface area (Å²) in [6.45, 7) is 16.0. The Morgan fingerprint density at radius 3 is 1.13 bits per heavy atom. The molecule has 2 aliphatic rings. The molecular formula is C28H34O2. The van der Waals surface area contributed by atoms with Gasteiger partial charge >= 0.3 is 0 Å². The quantitative estimate of drug-likeness (QED) is 0.186. The van der Waals surface area contributed by atoms with Gasteiger partial charge in [-0.15, -0.1) is 0 Å². The van der Waals surface area contributed by atoms with Crippen LogP contribution in [0.15, 0.2) is 69.5 Å². The predicted octanol–water partition coefficient (Wildman–Crippen LogP) is 10.1. The van der Waals surface area contributed by atoms with Gasteiger partial charge in [0.2, 0.25) is 0 Å². The summed E-state index contributed by atoms with van der Waals surface area (Å²) in [6, 6.07) is 20.7. The molecule has 30 heavy (non-hydrogen) atoms. The number of hydrogen-bond acceptors (Lipinski definition) is 2. The largest absolute Gasteiger partial charge is 0.456 e. The molecule has 0 bridgehead atoms. The summed E-state index contributed by atoms with van der Waals surface area (Å²) in [5, 5.41) is 4.66. The van der Waals surface area contributed by atoms with Gasteiger partial charge in [0, 0.05) is 21.9 Å². The highest BCUT2D eigenvalue weighted by atomic mass is 16.3. The summed E-state index contributed by atoms with van der Waals surface area (Å²) >= 11 is 0. The minimum Gasteiger partial charge on any atom is -0.456 e. The average molecular weight is 403 g/mol. The minimum atomic E-state index is 0.907. The monoisotopic (exact) mass is 402 g/mol. The first kappa shape index (κ1) is 23.3. The summed E-state index contributed by atoms with van der Waals surface area (Å²) in [5.74, 6) is 0. The molecule has 0 radical (unpaired) electrons. The smallest absolute Gasteiger partial charge is 0.136 e. The van der Waals surface area contributed by atoms with Crippen LogP contribution >= 0.6 is 0 Å². The van der Waals surface area contributed by atoms with Gasteiger partial charge in [-0.05, 0) is 35.0 Å². The van der Waals surface area contributed by atoms with E-state index in [9.17, 15) is 0 Å². The number of rotatable bonds is 0. The normalized spacial score (nSPS) is 10.0. The first-order valence-electron chi connectivity index (χ1n) is 11.4. The molecule has 2 heteroatoms. The van der Waals surface area contributed by atoms with Crippen LogP contribution in [0.3, 0.4) is 0 Å². The second kappa shape index (κ2) is 10.7. The molecule has 0 spiro atoms. The standard InChI is InChI=1S/C20H10O2.4C2H6/c1-3-11-7-9-16-19-17(11)13(5-1)21-15-10-8-12-4-2-6-14(22-16)18(12)20(15)19;4*1-2/h1-10H;4*1-2H3. The van der Waals surface area contributed by atoms with E-state index < -0.39 is 0 Å². The molecule has 0 amide bonds. The lowest BCUT2D eigenvalue weighted by molar-refractivity contribution is 0.646. The van der Waals surface area contributed by atoms with Crippen LogP contribution in [-0.2, 0) is 0 Å². The van der Waals surface area contributed by atoms with Crippen molar-refractivity contribution < 1.29 is 8.83 Å². The van der Waals surface area contributed by atoms with Crippen LogP contribution in [0, 0.1) is 0 Å². The Morgan fingerprint density at radius 2 is 0.767 bits per heavy atom. The molecule has 2 aliphatic heterocycles. The lowest BCUT2D eigenvalue weighted by atomic mass is 9.90. The third-order valence-electron chi connectivity index (χ3n) is 4.63. The van der Waals surface area contributed by atoms with Crippen molar-refractivity contribution in [1.29, 1.82) is 0 Å². The fraction of sp³-hybridized carbons (Fsp3) is 0.286. The zero-order valence-corrected chi connectivity index (χ0v) is 19.6. The molecule has 0 fully saturated rings. The number of hydrogen-bond donors (Lipinski definition) is 0. The average Bonchev–Trinajstić information content (AvgIpc) is 2.86. The molecule has 158 valence electrons. The van der Waals surface area contributed by atoms with E-state index in [-0.39, 0.29) is 0 Å². The van der Waals surface area contributed by atoms with E-state index in [2.05, 4.69) is 36.4 Å². The molecule has 6 rings (SSSR count). The summed E-state index contributed by atoms with van der Waals surface area (Å²) in [5.41, 5.74) is 5.97. The van der Waals surface area contributed by atoms with E-state index in [0.717, 1.165) is 33.1 Å². The zero-order valence-electron chi connectivity index (χ0n) is 19.6. The molecule has 2 nitrogen and oxygen atoms in total. The molecule has 4 aromatic rings. The molecule has 0 N–H and O–H groups in total. The minimum absolute atomic E-state index is 0.907.